The SMILES string of the molecule is COc1ccc(-c2nc(C(=O)NC(CN)C3CC3)cs2)cc1.Cl.Cl. The lowest BCUT2D eigenvalue weighted by Gasteiger charge is -2.14. The van der Waals surface area contributed by atoms with E-state index in [2.05, 4.69) is 10.3 Å². The van der Waals surface area contributed by atoms with E-state index in [1.165, 1.54) is 11.3 Å². The van der Waals surface area contributed by atoms with E-state index in [4.69, 9.17) is 10.5 Å². The summed E-state index contributed by atoms with van der Waals surface area (Å²) >= 11 is 1.46. The Morgan fingerprint density at radius 1 is 1.38 bits per heavy atom. The van der Waals surface area contributed by atoms with Crippen LogP contribution in [0.3, 0.4) is 0 Å². The van der Waals surface area contributed by atoms with E-state index in [0.717, 1.165) is 29.2 Å². The van der Waals surface area contributed by atoms with Crippen molar-refractivity contribution < 1.29 is 9.53 Å². The molecule has 24 heavy (non-hydrogen) atoms. The van der Waals surface area contributed by atoms with Crippen molar-refractivity contribution in [1.29, 1.82) is 0 Å². The molecule has 3 rings (SSSR count). The van der Waals surface area contributed by atoms with Gasteiger partial charge in [-0.3, -0.25) is 4.79 Å². The van der Waals surface area contributed by atoms with Crippen molar-refractivity contribution in [1.82, 2.24) is 10.3 Å². The third-order valence-electron chi connectivity index (χ3n) is 3.84. The monoisotopic (exact) mass is 389 g/mol. The molecule has 0 aliphatic heterocycles. The van der Waals surface area contributed by atoms with Crippen LogP contribution in [-0.4, -0.2) is 30.6 Å². The van der Waals surface area contributed by atoms with Crippen molar-refractivity contribution in [3.8, 4) is 16.3 Å². The standard InChI is InChI=1S/C16H19N3O2S.2ClH/c1-21-12-6-4-11(5-7-12)16-19-14(9-22-16)15(20)18-13(8-17)10-2-3-10;;/h4-7,9-10,13H,2-3,8,17H2,1H3,(H,18,20);2*1H. The third kappa shape index (κ3) is 4.83. The Labute approximate surface area is 157 Å². The second-order valence-electron chi connectivity index (χ2n) is 5.42. The van der Waals surface area contributed by atoms with Crippen LogP contribution in [0.15, 0.2) is 29.6 Å². The number of methoxy groups -OCH3 is 1. The molecule has 2 aromatic rings. The van der Waals surface area contributed by atoms with Crippen LogP contribution in [0.2, 0.25) is 0 Å². The van der Waals surface area contributed by atoms with Gasteiger partial charge in [0, 0.05) is 23.5 Å². The molecule has 5 nitrogen and oxygen atoms in total. The Morgan fingerprint density at radius 3 is 2.58 bits per heavy atom. The van der Waals surface area contributed by atoms with Crippen molar-refractivity contribution in [2.24, 2.45) is 11.7 Å². The molecule has 1 atom stereocenters. The van der Waals surface area contributed by atoms with Crippen LogP contribution in [0.25, 0.3) is 10.6 Å². The predicted molar refractivity (Wildman–Crippen MR) is 102 cm³/mol. The highest BCUT2D eigenvalue weighted by Crippen LogP contribution is 2.32. The molecule has 0 saturated heterocycles. The summed E-state index contributed by atoms with van der Waals surface area (Å²) in [7, 11) is 1.63. The Morgan fingerprint density at radius 2 is 2.04 bits per heavy atom. The van der Waals surface area contributed by atoms with Gasteiger partial charge in [-0.05, 0) is 43.0 Å². The summed E-state index contributed by atoms with van der Waals surface area (Å²) in [6.45, 7) is 0.478. The summed E-state index contributed by atoms with van der Waals surface area (Å²) < 4.78 is 5.14. The lowest BCUT2D eigenvalue weighted by Crippen LogP contribution is -2.41. The van der Waals surface area contributed by atoms with Gasteiger partial charge < -0.3 is 15.8 Å². The quantitative estimate of drug-likeness (QED) is 0.795. The molecule has 1 unspecified atom stereocenters. The molecule has 1 aliphatic rings. The van der Waals surface area contributed by atoms with Gasteiger partial charge in [0.25, 0.3) is 5.91 Å². The molecule has 8 heteroatoms. The molecule has 1 aliphatic carbocycles. The summed E-state index contributed by atoms with van der Waals surface area (Å²) in [5.41, 5.74) is 7.15. The number of ether oxygens (including phenoxy) is 1. The Hall–Kier alpha value is -1.34. The molecule has 1 aromatic heterocycles. The number of nitrogens with one attached hydrogen (secondary N) is 1. The first-order valence-corrected chi connectivity index (χ1v) is 8.20. The van der Waals surface area contributed by atoms with Crippen molar-refractivity contribution in [3.63, 3.8) is 0 Å². The van der Waals surface area contributed by atoms with E-state index in [-0.39, 0.29) is 36.8 Å². The summed E-state index contributed by atoms with van der Waals surface area (Å²) in [4.78, 5) is 16.7. The average Bonchev–Trinajstić information content (AvgIpc) is 3.28. The number of thiazole rings is 1. The van der Waals surface area contributed by atoms with E-state index in [1.54, 1.807) is 12.5 Å². The fourth-order valence-electron chi connectivity index (χ4n) is 2.35. The maximum absolute atomic E-state index is 12.2. The number of nitrogens with two attached hydrogens (primary N) is 1. The van der Waals surface area contributed by atoms with E-state index < -0.39 is 0 Å². The maximum atomic E-state index is 12.2. The molecule has 0 spiro atoms. The largest absolute Gasteiger partial charge is 0.497 e. The topological polar surface area (TPSA) is 77.2 Å². The fraction of sp³-hybridized carbons (Fsp3) is 0.375. The first-order chi connectivity index (χ1) is 10.7. The van der Waals surface area contributed by atoms with Gasteiger partial charge in [0.1, 0.15) is 16.5 Å². The van der Waals surface area contributed by atoms with Gasteiger partial charge in [-0.1, -0.05) is 0 Å². The normalized spacial score (nSPS) is 14.1. The summed E-state index contributed by atoms with van der Waals surface area (Å²) in [6, 6.07) is 7.71. The first kappa shape index (κ1) is 20.7. The number of rotatable bonds is 6. The minimum absolute atomic E-state index is 0. The highest BCUT2D eigenvalue weighted by atomic mass is 35.5. The van der Waals surface area contributed by atoms with E-state index in [1.807, 2.05) is 24.3 Å². The van der Waals surface area contributed by atoms with E-state index in [0.29, 0.717) is 18.2 Å². The Bertz CT molecular complexity index is 660. The molecule has 0 radical (unpaired) electrons. The fourth-order valence-corrected chi connectivity index (χ4v) is 3.16. The maximum Gasteiger partial charge on any atom is 0.271 e. The third-order valence-corrected chi connectivity index (χ3v) is 4.73. The first-order valence-electron chi connectivity index (χ1n) is 7.32. The zero-order valence-corrected chi connectivity index (χ0v) is 15.7. The van der Waals surface area contributed by atoms with Gasteiger partial charge in [-0.2, -0.15) is 0 Å². The molecule has 1 heterocycles. The van der Waals surface area contributed by atoms with Gasteiger partial charge in [0.2, 0.25) is 0 Å². The van der Waals surface area contributed by atoms with Crippen LogP contribution in [0.5, 0.6) is 5.75 Å². The highest BCUT2D eigenvalue weighted by Gasteiger charge is 2.31. The number of hydrogen-bond acceptors (Lipinski definition) is 5. The second-order valence-corrected chi connectivity index (χ2v) is 6.28. The van der Waals surface area contributed by atoms with Crippen LogP contribution < -0.4 is 15.8 Å². The Kier molecular flexibility index (Phi) is 7.96. The number of carbonyl (C=O) groups excluding carboxylic acids is 1. The highest BCUT2D eigenvalue weighted by molar-refractivity contribution is 7.13. The molecular weight excluding hydrogens is 369 g/mol. The van der Waals surface area contributed by atoms with Crippen LogP contribution in [-0.2, 0) is 0 Å². The summed E-state index contributed by atoms with van der Waals surface area (Å²) in [5, 5.41) is 5.60. The molecule has 1 amide bonds. The lowest BCUT2D eigenvalue weighted by atomic mass is 10.2. The van der Waals surface area contributed by atoms with Gasteiger partial charge in [0.15, 0.2) is 0 Å². The molecular formula is C16H21Cl2N3O2S. The van der Waals surface area contributed by atoms with Crippen molar-refractivity contribution in [2.75, 3.05) is 13.7 Å². The van der Waals surface area contributed by atoms with Crippen LogP contribution >= 0.6 is 36.2 Å². The molecule has 0 bridgehead atoms. The number of benzene rings is 1. The molecule has 1 fully saturated rings. The summed E-state index contributed by atoms with van der Waals surface area (Å²) in [5.74, 6) is 1.19. The van der Waals surface area contributed by atoms with Gasteiger partial charge in [-0.15, -0.1) is 36.2 Å². The van der Waals surface area contributed by atoms with Crippen molar-refractivity contribution in [2.45, 2.75) is 18.9 Å². The summed E-state index contributed by atoms with van der Waals surface area (Å²) in [6.07, 6.45) is 2.30. The minimum Gasteiger partial charge on any atom is -0.497 e. The zero-order chi connectivity index (χ0) is 15.5. The van der Waals surface area contributed by atoms with Gasteiger partial charge in [-0.25, -0.2) is 4.98 Å². The molecule has 3 N–H and O–H groups in total. The van der Waals surface area contributed by atoms with Crippen LogP contribution in [0, 0.1) is 5.92 Å². The minimum atomic E-state index is -0.140. The lowest BCUT2D eigenvalue weighted by molar-refractivity contribution is 0.0929. The van der Waals surface area contributed by atoms with Crippen molar-refractivity contribution >= 4 is 42.1 Å². The zero-order valence-electron chi connectivity index (χ0n) is 13.2. The number of carbonyl (C=O) groups is 1. The number of halogens is 2. The van der Waals surface area contributed by atoms with Gasteiger partial charge >= 0.3 is 0 Å². The average molecular weight is 390 g/mol. The van der Waals surface area contributed by atoms with Crippen molar-refractivity contribution in [3.05, 3.63) is 35.3 Å². The second kappa shape index (κ2) is 9.22. The van der Waals surface area contributed by atoms with E-state index in [9.17, 15) is 4.79 Å². The smallest absolute Gasteiger partial charge is 0.271 e. The number of hydrogen-bond donors (Lipinski definition) is 2. The van der Waals surface area contributed by atoms with Crippen LogP contribution in [0.4, 0.5) is 0 Å². The van der Waals surface area contributed by atoms with Crippen LogP contribution in [0.1, 0.15) is 23.3 Å². The number of nitrogens with zero attached hydrogens (tertiary/aromatic N) is 1. The molecule has 1 saturated carbocycles. The molecule has 132 valence electrons. The molecule has 1 aromatic carbocycles. The Balaban J connectivity index is 0.00000144. The number of aromatic nitrogens is 1. The predicted octanol–water partition coefficient (Wildman–Crippen LogP) is 3.13. The van der Waals surface area contributed by atoms with Gasteiger partial charge in [0.05, 0.1) is 7.11 Å². The van der Waals surface area contributed by atoms with E-state index >= 15 is 0 Å². The number of amides is 1.